The molecule has 1 N–H and O–H groups in total. The first kappa shape index (κ1) is 83.2. The maximum absolute atomic E-state index is 13.9. The third-order valence-electron chi connectivity index (χ3n) is 23.3. The van der Waals surface area contributed by atoms with E-state index in [2.05, 4.69) is 72.6 Å². The predicted octanol–water partition coefficient (Wildman–Crippen LogP) is 14.7. The highest BCUT2D eigenvalue weighted by Crippen LogP contribution is 2.42. The molecule has 0 amide bonds. The Kier molecular flexibility index (Phi) is 25.6. The van der Waals surface area contributed by atoms with Gasteiger partial charge in [-0.15, -0.1) is 0 Å². The number of H-pyrrole nitrogens is 1. The van der Waals surface area contributed by atoms with Gasteiger partial charge in [-0.05, 0) is 200 Å². The van der Waals surface area contributed by atoms with Gasteiger partial charge in [0.2, 0.25) is 0 Å². The first-order valence-corrected chi connectivity index (χ1v) is 45.1. The molecule has 10 aromatic rings. The molecule has 36 heteroatoms. The summed E-state index contributed by atoms with van der Waals surface area (Å²) in [7, 11) is -5.86. The van der Waals surface area contributed by atoms with Crippen molar-refractivity contribution in [2.24, 2.45) is 35.5 Å². The van der Waals surface area contributed by atoms with Crippen LogP contribution in [-0.4, -0.2) is 216 Å². The molecule has 114 heavy (non-hydrogen) atoms. The molecule has 0 radical (unpaired) electrons. The van der Waals surface area contributed by atoms with Gasteiger partial charge < -0.3 is 29.5 Å². The number of sulfone groups is 2. The number of nitriles is 1. The molecule has 0 spiro atoms. The van der Waals surface area contributed by atoms with Crippen LogP contribution < -0.4 is 14.7 Å². The molecule has 6 saturated heterocycles. The minimum atomic E-state index is -4.70. The number of anilines is 3. The lowest BCUT2D eigenvalue weighted by Gasteiger charge is -2.47. The number of aryl methyl sites for hydroxylation is 1. The minimum absolute atomic E-state index is 0.0431. The van der Waals surface area contributed by atoms with Crippen molar-refractivity contribution in [3.63, 3.8) is 0 Å². The second-order valence-corrected chi connectivity index (χ2v) is 38.6. The molecule has 0 bridgehead atoms. The van der Waals surface area contributed by atoms with Crippen molar-refractivity contribution in [3.8, 4) is 6.07 Å². The zero-order valence-electron chi connectivity index (χ0n) is 64.3. The van der Waals surface area contributed by atoms with Crippen molar-refractivity contribution in [2.75, 3.05) is 130 Å². The molecule has 6 unspecified atom stereocenters. The normalized spacial score (nSPS) is 20.1. The second kappa shape index (κ2) is 35.1. The second-order valence-electron chi connectivity index (χ2n) is 31.5. The van der Waals surface area contributed by atoms with Crippen LogP contribution in [0.3, 0.4) is 0 Å². The number of imidazole rings is 1. The molecule has 608 valence electrons. The zero-order valence-corrected chi connectivity index (χ0v) is 70.4. The van der Waals surface area contributed by atoms with Crippen molar-refractivity contribution < 1.29 is 30.0 Å². The molecular formula is C78H92Cl6F3N21O4S2. The molecule has 0 saturated carbocycles. The number of rotatable bonds is 22. The summed E-state index contributed by atoms with van der Waals surface area (Å²) in [5, 5.41) is 25.9. The van der Waals surface area contributed by atoms with Crippen LogP contribution in [0, 0.1) is 53.8 Å². The van der Waals surface area contributed by atoms with E-state index < -0.39 is 37.6 Å². The molecule has 6 fully saturated rings. The van der Waals surface area contributed by atoms with E-state index in [1.165, 1.54) is 54.8 Å². The number of piperidine rings is 3. The Morgan fingerprint density at radius 3 is 1.31 bits per heavy atom. The Bertz CT molecular complexity index is 5390. The summed E-state index contributed by atoms with van der Waals surface area (Å²) in [5.41, 5.74) is 5.92. The van der Waals surface area contributed by atoms with Gasteiger partial charge in [-0.1, -0.05) is 87.8 Å². The highest BCUT2D eigenvalue weighted by Gasteiger charge is 2.43. The molecule has 0 aliphatic carbocycles. The summed E-state index contributed by atoms with van der Waals surface area (Å²) in [6, 6.07) is 16.9. The number of aromatic nitrogens is 14. The number of halogens is 9. The SMILES string of the molecule is CC(c1ccc(Cl)cc1Cl)n1nc(C#N)c2ncc(N3CC(C4CCCN(Cc5cnc[nH]5)C4)C3)nc21.CC(c1ccc(Cl)cc1Cl)n1nc(C(F)(F)F)c2ncc(N3CC(C4CCCN(CCCS(C)(=O)=O)C4)C3)nc21.Cc1nn(C(C)c2ccc(Cl)cc2Cl)c2nc(N3CC(C4CCCN(CCCS(C)(=O)=O)C4)C3)cnc12. The van der Waals surface area contributed by atoms with E-state index in [0.29, 0.717) is 101 Å². The van der Waals surface area contributed by atoms with Crippen molar-refractivity contribution in [2.45, 2.75) is 110 Å². The molecule has 13 heterocycles. The van der Waals surface area contributed by atoms with Crippen LogP contribution in [-0.2, 0) is 32.4 Å². The number of hydrogen-bond donors (Lipinski definition) is 1. The number of hydrogen-bond acceptors (Lipinski definition) is 21. The van der Waals surface area contributed by atoms with Crippen molar-refractivity contribution in [3.05, 3.63) is 155 Å². The Morgan fingerprint density at radius 2 is 0.904 bits per heavy atom. The molecule has 16 rings (SSSR count). The number of likely N-dealkylation sites (tertiary alicyclic amines) is 3. The van der Waals surface area contributed by atoms with E-state index in [4.69, 9.17) is 89.7 Å². The van der Waals surface area contributed by atoms with Crippen molar-refractivity contribution >= 4 is 140 Å². The molecule has 6 aliphatic rings. The first-order valence-electron chi connectivity index (χ1n) is 38.7. The summed E-state index contributed by atoms with van der Waals surface area (Å²) in [6.45, 7) is 21.8. The van der Waals surface area contributed by atoms with Gasteiger partial charge in [0.15, 0.2) is 28.3 Å². The number of nitrogens with zero attached hydrogens (tertiary/aromatic N) is 20. The van der Waals surface area contributed by atoms with Crippen molar-refractivity contribution in [1.29, 1.82) is 5.26 Å². The van der Waals surface area contributed by atoms with Crippen LogP contribution in [0.15, 0.2) is 85.7 Å². The van der Waals surface area contributed by atoms with Crippen molar-refractivity contribution in [1.82, 2.24) is 83.9 Å². The standard InChI is InChI=1S/C26H31Cl2F3N6O2S.C26H27Cl2N9.C26H34Cl2N6O2S/c1-16(20-7-6-19(27)11-21(20)28)37-25-23(24(34-37)26(29,30)31)32-12-22(33-25)36-14-18(15-36)17-5-3-8-35(13-17)9-4-10-40(2,38)39;1-16(21-5-4-19(27)7-22(21)28)37-26-25(23(8-29)34-37)31-10-24(33-26)36-12-18(13-36)17-3-2-6-35(11-17)14-20-9-30-15-32-20;1-17-25-26(34(31-17)18(2)22-8-7-21(27)12-23(22)28)30-24(13-29-25)33-15-20(16-33)19-6-4-9-32(14-19)10-5-11-37(3,35)36/h6-7,11-12,16-18H,3-5,8-10,13-15H2,1-2H3;4-5,7,9-10,15-18H,2-3,6,11-14H2,1H3,(H,30,32);7-8,12-13,18-20H,4-6,9-11,14-16H2,1-3H3. The van der Waals surface area contributed by atoms with Crippen LogP contribution in [0.25, 0.3) is 33.5 Å². The summed E-state index contributed by atoms with van der Waals surface area (Å²) in [5.74, 6) is 6.14. The van der Waals surface area contributed by atoms with Gasteiger partial charge in [0.25, 0.3) is 0 Å². The molecule has 6 atom stereocenters. The van der Waals surface area contributed by atoms with Gasteiger partial charge in [-0.25, -0.2) is 65.8 Å². The van der Waals surface area contributed by atoms with Gasteiger partial charge in [-0.3, -0.25) is 4.90 Å². The fourth-order valence-electron chi connectivity index (χ4n) is 17.0. The third kappa shape index (κ3) is 19.3. The number of benzene rings is 3. The quantitative estimate of drug-likeness (QED) is 0.0660. The van der Waals surface area contributed by atoms with Gasteiger partial charge in [0.1, 0.15) is 59.7 Å². The topological polar surface area (TPSA) is 271 Å². The van der Waals surface area contributed by atoms with Crippen LogP contribution in [0.4, 0.5) is 30.6 Å². The largest absolute Gasteiger partial charge is 0.437 e. The zero-order chi connectivity index (χ0) is 80.7. The lowest BCUT2D eigenvalue weighted by molar-refractivity contribution is -0.140. The summed E-state index contributed by atoms with van der Waals surface area (Å²) < 4.78 is 92.3. The van der Waals surface area contributed by atoms with E-state index in [-0.39, 0.29) is 40.4 Å². The molecule has 6 aliphatic heterocycles. The van der Waals surface area contributed by atoms with E-state index in [1.807, 2.05) is 54.0 Å². The van der Waals surface area contributed by atoms with Gasteiger partial charge in [0, 0.05) is 120 Å². The lowest BCUT2D eigenvalue weighted by atomic mass is 9.80. The molecule has 3 aromatic carbocycles. The number of aromatic amines is 1. The number of nitrogens with one attached hydrogen (secondary N) is 1. The van der Waals surface area contributed by atoms with Gasteiger partial charge in [0.05, 0.1) is 60.2 Å². The van der Waals surface area contributed by atoms with Crippen LogP contribution in [0.2, 0.25) is 30.1 Å². The van der Waals surface area contributed by atoms with E-state index in [9.17, 15) is 35.3 Å². The average Bonchev–Trinajstić information content (AvgIpc) is 1.02. The number of fused-ring (bicyclic) bond motifs is 3. The fourth-order valence-corrected chi connectivity index (χ4v) is 20.0. The van der Waals surface area contributed by atoms with E-state index in [1.54, 1.807) is 60.5 Å². The highest BCUT2D eigenvalue weighted by molar-refractivity contribution is 7.90. The summed E-state index contributed by atoms with van der Waals surface area (Å²) in [6.07, 6.45) is 15.0. The maximum atomic E-state index is 13.9. The maximum Gasteiger partial charge on any atom is 0.437 e. The summed E-state index contributed by atoms with van der Waals surface area (Å²) >= 11 is 37.5. The Morgan fingerprint density at radius 1 is 0.518 bits per heavy atom. The predicted molar refractivity (Wildman–Crippen MR) is 442 cm³/mol. The summed E-state index contributed by atoms with van der Waals surface area (Å²) in [4.78, 5) is 49.3. The Balaban J connectivity index is 0.000000142. The highest BCUT2D eigenvalue weighted by atomic mass is 35.5. The Labute approximate surface area is 691 Å². The van der Waals surface area contributed by atoms with Crippen LogP contribution >= 0.6 is 69.6 Å². The van der Waals surface area contributed by atoms with Gasteiger partial charge in [-0.2, -0.15) is 33.7 Å². The monoisotopic (exact) mass is 1720 g/mol. The number of alkyl halides is 3. The fraction of sp³-hybridized carbons (Fsp3) is 0.526. The molecule has 25 nitrogen and oxygen atoms in total. The average molecular weight is 1720 g/mol. The van der Waals surface area contributed by atoms with Crippen LogP contribution in [0.5, 0.6) is 0 Å². The van der Waals surface area contributed by atoms with Crippen LogP contribution in [0.1, 0.15) is 130 Å². The van der Waals surface area contributed by atoms with Gasteiger partial charge >= 0.3 is 6.18 Å². The lowest BCUT2D eigenvalue weighted by Crippen LogP contribution is -2.54. The van der Waals surface area contributed by atoms with E-state index >= 15 is 0 Å². The van der Waals surface area contributed by atoms with E-state index in [0.717, 1.165) is 151 Å². The smallest absolute Gasteiger partial charge is 0.355 e. The molecular weight excluding hydrogens is 1630 g/mol. The first-order chi connectivity index (χ1) is 54.4. The molecule has 7 aromatic heterocycles. The third-order valence-corrected chi connectivity index (χ3v) is 27.1. The Hall–Kier alpha value is -7.28. The minimum Gasteiger partial charge on any atom is -0.355 e.